The van der Waals surface area contributed by atoms with Gasteiger partial charge in [0, 0.05) is 12.6 Å². The van der Waals surface area contributed by atoms with Gasteiger partial charge in [-0.25, -0.2) is 0 Å². The maximum absolute atomic E-state index is 12.2. The lowest BCUT2D eigenvalue weighted by molar-refractivity contribution is -0.143. The molecule has 2 rings (SSSR count). The minimum absolute atomic E-state index is 0.0206. The maximum atomic E-state index is 12.2. The van der Waals surface area contributed by atoms with Crippen LogP contribution in [-0.2, 0) is 9.59 Å². The summed E-state index contributed by atoms with van der Waals surface area (Å²) in [6.07, 6.45) is 0.572. The standard InChI is InChI=1S/C14H21F3N2O2/c15-14(16,17)7-8-18-11-9-12(20)19(13(11)21)10-5-3-1-2-4-6-10/h10-11,18H,1-9H2. The van der Waals surface area contributed by atoms with E-state index >= 15 is 0 Å². The quantitative estimate of drug-likeness (QED) is 0.641. The van der Waals surface area contributed by atoms with Crippen LogP contribution in [0.25, 0.3) is 0 Å². The zero-order valence-corrected chi connectivity index (χ0v) is 11.9. The average Bonchev–Trinajstić information content (AvgIpc) is 2.59. The van der Waals surface area contributed by atoms with Gasteiger partial charge < -0.3 is 5.32 Å². The molecular weight excluding hydrogens is 285 g/mol. The first-order valence-electron chi connectivity index (χ1n) is 7.54. The van der Waals surface area contributed by atoms with Crippen molar-refractivity contribution in [1.82, 2.24) is 10.2 Å². The molecule has 1 saturated heterocycles. The molecule has 1 heterocycles. The molecule has 1 atom stereocenters. The van der Waals surface area contributed by atoms with Crippen LogP contribution in [0.4, 0.5) is 13.2 Å². The van der Waals surface area contributed by atoms with Gasteiger partial charge in [0.25, 0.3) is 0 Å². The van der Waals surface area contributed by atoms with E-state index in [0.717, 1.165) is 38.5 Å². The van der Waals surface area contributed by atoms with Crippen molar-refractivity contribution in [2.75, 3.05) is 6.54 Å². The van der Waals surface area contributed by atoms with E-state index < -0.39 is 18.6 Å². The number of imide groups is 1. The number of halogens is 3. The first-order chi connectivity index (χ1) is 9.88. The predicted molar refractivity (Wildman–Crippen MR) is 70.4 cm³/mol. The van der Waals surface area contributed by atoms with Crippen molar-refractivity contribution in [3.8, 4) is 0 Å². The predicted octanol–water partition coefficient (Wildman–Crippen LogP) is 2.38. The van der Waals surface area contributed by atoms with Crippen LogP contribution in [0.15, 0.2) is 0 Å². The summed E-state index contributed by atoms with van der Waals surface area (Å²) in [5, 5.41) is 2.57. The van der Waals surface area contributed by atoms with Crippen molar-refractivity contribution in [1.29, 1.82) is 0 Å². The third kappa shape index (κ3) is 4.43. The van der Waals surface area contributed by atoms with Crippen LogP contribution in [0.3, 0.4) is 0 Å². The monoisotopic (exact) mass is 306 g/mol. The number of nitrogens with zero attached hydrogens (tertiary/aromatic N) is 1. The molecule has 4 nitrogen and oxygen atoms in total. The average molecular weight is 306 g/mol. The van der Waals surface area contributed by atoms with Crippen LogP contribution in [-0.4, -0.2) is 41.5 Å². The lowest BCUT2D eigenvalue weighted by Crippen LogP contribution is -2.44. The number of amides is 2. The molecule has 21 heavy (non-hydrogen) atoms. The van der Waals surface area contributed by atoms with Gasteiger partial charge in [-0.1, -0.05) is 25.7 Å². The van der Waals surface area contributed by atoms with Gasteiger partial charge in [0.2, 0.25) is 11.8 Å². The molecule has 0 aromatic heterocycles. The molecule has 1 saturated carbocycles. The van der Waals surface area contributed by atoms with Gasteiger partial charge in [0.1, 0.15) is 0 Å². The highest BCUT2D eigenvalue weighted by Gasteiger charge is 2.42. The van der Waals surface area contributed by atoms with E-state index in [2.05, 4.69) is 5.32 Å². The highest BCUT2D eigenvalue weighted by Crippen LogP contribution is 2.27. The molecule has 1 aliphatic carbocycles. The highest BCUT2D eigenvalue weighted by atomic mass is 19.4. The Morgan fingerprint density at radius 3 is 2.29 bits per heavy atom. The lowest BCUT2D eigenvalue weighted by atomic mass is 10.1. The van der Waals surface area contributed by atoms with Crippen LogP contribution >= 0.6 is 0 Å². The fraction of sp³-hybridized carbons (Fsp3) is 0.857. The fourth-order valence-electron chi connectivity index (χ4n) is 3.10. The van der Waals surface area contributed by atoms with Gasteiger partial charge in [0.05, 0.1) is 18.9 Å². The highest BCUT2D eigenvalue weighted by molar-refractivity contribution is 6.05. The number of nitrogens with one attached hydrogen (secondary N) is 1. The Labute approximate surface area is 122 Å². The summed E-state index contributed by atoms with van der Waals surface area (Å²) in [5.41, 5.74) is 0. The molecule has 0 bridgehead atoms. The summed E-state index contributed by atoms with van der Waals surface area (Å²) in [4.78, 5) is 25.6. The molecule has 2 amide bonds. The number of carbonyl (C=O) groups is 2. The lowest BCUT2D eigenvalue weighted by Gasteiger charge is -2.25. The van der Waals surface area contributed by atoms with E-state index in [0.29, 0.717) is 0 Å². The summed E-state index contributed by atoms with van der Waals surface area (Å²) < 4.78 is 36.3. The van der Waals surface area contributed by atoms with Gasteiger partial charge in [0.15, 0.2) is 0 Å². The van der Waals surface area contributed by atoms with Crippen LogP contribution in [0, 0.1) is 0 Å². The van der Waals surface area contributed by atoms with E-state index in [4.69, 9.17) is 0 Å². The number of alkyl halides is 3. The van der Waals surface area contributed by atoms with Gasteiger partial charge in [-0.15, -0.1) is 0 Å². The molecule has 2 aliphatic rings. The van der Waals surface area contributed by atoms with Crippen LogP contribution < -0.4 is 5.32 Å². The van der Waals surface area contributed by atoms with Crippen molar-refractivity contribution in [3.63, 3.8) is 0 Å². The molecule has 0 spiro atoms. The largest absolute Gasteiger partial charge is 0.390 e. The summed E-state index contributed by atoms with van der Waals surface area (Å²) in [5.74, 6) is -0.606. The van der Waals surface area contributed by atoms with Crippen LogP contribution in [0.5, 0.6) is 0 Å². The van der Waals surface area contributed by atoms with E-state index in [1.807, 2.05) is 0 Å². The van der Waals surface area contributed by atoms with Gasteiger partial charge in [-0.2, -0.15) is 13.2 Å². The Morgan fingerprint density at radius 2 is 1.71 bits per heavy atom. The number of carbonyl (C=O) groups excluding carboxylic acids is 2. The third-order valence-electron chi connectivity index (χ3n) is 4.17. The second-order valence-electron chi connectivity index (χ2n) is 5.82. The van der Waals surface area contributed by atoms with Crippen molar-refractivity contribution >= 4 is 11.8 Å². The normalized spacial score (nSPS) is 25.5. The van der Waals surface area contributed by atoms with E-state index in [1.165, 1.54) is 4.90 Å². The summed E-state index contributed by atoms with van der Waals surface area (Å²) in [6.45, 7) is -0.328. The van der Waals surface area contributed by atoms with E-state index in [9.17, 15) is 22.8 Å². The van der Waals surface area contributed by atoms with Crippen molar-refractivity contribution < 1.29 is 22.8 Å². The SMILES string of the molecule is O=C1CC(NCCC(F)(F)F)C(=O)N1C1CCCCCC1. The number of hydrogen-bond donors (Lipinski definition) is 1. The molecule has 1 unspecified atom stereocenters. The summed E-state index contributed by atoms with van der Waals surface area (Å²) in [6, 6.07) is -0.856. The van der Waals surface area contributed by atoms with E-state index in [1.54, 1.807) is 0 Å². The smallest absolute Gasteiger partial charge is 0.305 e. The zero-order chi connectivity index (χ0) is 15.5. The maximum Gasteiger partial charge on any atom is 0.390 e. The number of hydrogen-bond acceptors (Lipinski definition) is 3. The molecular formula is C14H21F3N2O2. The molecule has 2 fully saturated rings. The number of rotatable bonds is 4. The molecule has 1 aliphatic heterocycles. The zero-order valence-electron chi connectivity index (χ0n) is 11.9. The minimum atomic E-state index is -4.25. The Hall–Kier alpha value is -1.11. The molecule has 7 heteroatoms. The van der Waals surface area contributed by atoms with E-state index in [-0.39, 0.29) is 30.8 Å². The Kier molecular flexibility index (Phi) is 5.24. The number of likely N-dealkylation sites (tertiary alicyclic amines) is 1. The summed E-state index contributed by atoms with van der Waals surface area (Å²) in [7, 11) is 0. The third-order valence-corrected chi connectivity index (χ3v) is 4.17. The van der Waals surface area contributed by atoms with Crippen LogP contribution in [0.2, 0.25) is 0 Å². The molecule has 0 aromatic carbocycles. The van der Waals surface area contributed by atoms with Crippen LogP contribution in [0.1, 0.15) is 51.4 Å². The topological polar surface area (TPSA) is 49.4 Å². The molecule has 0 aromatic rings. The fourth-order valence-corrected chi connectivity index (χ4v) is 3.10. The van der Waals surface area contributed by atoms with Gasteiger partial charge in [-0.3, -0.25) is 14.5 Å². The summed E-state index contributed by atoms with van der Waals surface area (Å²) >= 11 is 0. The Morgan fingerprint density at radius 1 is 1.10 bits per heavy atom. The molecule has 0 radical (unpaired) electrons. The Balaban J connectivity index is 1.90. The minimum Gasteiger partial charge on any atom is -0.305 e. The first kappa shape index (κ1) is 16.3. The second kappa shape index (κ2) is 6.77. The van der Waals surface area contributed by atoms with Crippen molar-refractivity contribution in [3.05, 3.63) is 0 Å². The van der Waals surface area contributed by atoms with Gasteiger partial charge >= 0.3 is 6.18 Å². The second-order valence-corrected chi connectivity index (χ2v) is 5.82. The van der Waals surface area contributed by atoms with Crippen molar-refractivity contribution in [2.45, 2.75) is 69.6 Å². The van der Waals surface area contributed by atoms with Crippen molar-refractivity contribution in [2.24, 2.45) is 0 Å². The first-order valence-corrected chi connectivity index (χ1v) is 7.54. The van der Waals surface area contributed by atoms with Gasteiger partial charge in [-0.05, 0) is 12.8 Å². The molecule has 120 valence electrons. The molecule has 1 N–H and O–H groups in total. The Bertz CT molecular complexity index is 390.